The summed E-state index contributed by atoms with van der Waals surface area (Å²) in [6, 6.07) is 1.94. The molecule has 1 unspecified atom stereocenters. The Balaban J connectivity index is 1.95. The van der Waals surface area contributed by atoms with E-state index >= 15 is 0 Å². The number of hydrogen-bond acceptors (Lipinski definition) is 6. The number of piperidine rings is 1. The fourth-order valence-electron chi connectivity index (χ4n) is 2.60. The molecule has 2 heterocycles. The molecule has 6 nitrogen and oxygen atoms in total. The summed E-state index contributed by atoms with van der Waals surface area (Å²) in [5.74, 6) is 3.06. The summed E-state index contributed by atoms with van der Waals surface area (Å²) in [5, 5.41) is 6.49. The van der Waals surface area contributed by atoms with Crippen LogP contribution < -0.4 is 10.6 Å². The van der Waals surface area contributed by atoms with E-state index in [2.05, 4.69) is 32.5 Å². The van der Waals surface area contributed by atoms with E-state index in [-0.39, 0.29) is 0 Å². The van der Waals surface area contributed by atoms with Gasteiger partial charge in [0.25, 0.3) is 0 Å². The van der Waals surface area contributed by atoms with Crippen molar-refractivity contribution in [1.82, 2.24) is 14.9 Å². The number of ether oxygens (including phenoxy) is 1. The van der Waals surface area contributed by atoms with Crippen molar-refractivity contribution in [3.05, 3.63) is 11.9 Å². The van der Waals surface area contributed by atoms with Gasteiger partial charge in [-0.1, -0.05) is 0 Å². The first kappa shape index (κ1) is 15.0. The molecule has 112 valence electrons. The van der Waals surface area contributed by atoms with Gasteiger partial charge in [-0.25, -0.2) is 9.97 Å². The van der Waals surface area contributed by atoms with Crippen molar-refractivity contribution < 1.29 is 4.74 Å². The molecule has 2 N–H and O–H groups in total. The SMILES string of the molecule is CNc1cc(NCC2CCCN(C)C2)nc(COC)n1. The van der Waals surface area contributed by atoms with Crippen LogP contribution in [0, 0.1) is 5.92 Å². The van der Waals surface area contributed by atoms with Crippen LogP contribution in [0.25, 0.3) is 0 Å². The summed E-state index contributed by atoms with van der Waals surface area (Å²) >= 11 is 0. The van der Waals surface area contributed by atoms with Crippen molar-refractivity contribution in [1.29, 1.82) is 0 Å². The molecule has 20 heavy (non-hydrogen) atoms. The van der Waals surface area contributed by atoms with Crippen LogP contribution in [-0.4, -0.2) is 55.7 Å². The summed E-state index contributed by atoms with van der Waals surface area (Å²) in [6.07, 6.45) is 2.57. The van der Waals surface area contributed by atoms with E-state index < -0.39 is 0 Å². The van der Waals surface area contributed by atoms with Crippen LogP contribution in [0.2, 0.25) is 0 Å². The number of likely N-dealkylation sites (tertiary alicyclic amines) is 1. The van der Waals surface area contributed by atoms with Crippen molar-refractivity contribution >= 4 is 11.6 Å². The lowest BCUT2D eigenvalue weighted by atomic mass is 9.98. The monoisotopic (exact) mass is 279 g/mol. The summed E-state index contributed by atoms with van der Waals surface area (Å²) in [7, 11) is 5.70. The van der Waals surface area contributed by atoms with E-state index in [0.717, 1.165) is 24.7 Å². The van der Waals surface area contributed by atoms with E-state index in [1.165, 1.54) is 19.4 Å². The molecule has 1 aromatic heterocycles. The van der Waals surface area contributed by atoms with Gasteiger partial charge >= 0.3 is 0 Å². The van der Waals surface area contributed by atoms with Crippen molar-refractivity contribution in [2.24, 2.45) is 5.92 Å². The van der Waals surface area contributed by atoms with E-state index in [0.29, 0.717) is 18.3 Å². The number of aromatic nitrogens is 2. The maximum atomic E-state index is 5.10. The van der Waals surface area contributed by atoms with Gasteiger partial charge in [0.1, 0.15) is 18.2 Å². The van der Waals surface area contributed by atoms with Gasteiger partial charge in [0.15, 0.2) is 5.82 Å². The second-order valence-corrected chi connectivity index (χ2v) is 5.39. The van der Waals surface area contributed by atoms with Crippen molar-refractivity contribution in [3.8, 4) is 0 Å². The zero-order valence-electron chi connectivity index (χ0n) is 12.6. The Morgan fingerprint density at radius 3 is 2.90 bits per heavy atom. The lowest BCUT2D eigenvalue weighted by Gasteiger charge is -2.29. The van der Waals surface area contributed by atoms with Crippen molar-refractivity contribution in [2.45, 2.75) is 19.4 Å². The summed E-state index contributed by atoms with van der Waals surface area (Å²) < 4.78 is 5.10. The van der Waals surface area contributed by atoms with Crippen LogP contribution in [0.4, 0.5) is 11.6 Å². The van der Waals surface area contributed by atoms with Gasteiger partial charge < -0.3 is 20.3 Å². The number of hydrogen-bond donors (Lipinski definition) is 2. The van der Waals surface area contributed by atoms with Crippen LogP contribution in [0.15, 0.2) is 6.07 Å². The minimum absolute atomic E-state index is 0.427. The highest BCUT2D eigenvalue weighted by Gasteiger charge is 2.17. The molecule has 0 aliphatic carbocycles. The van der Waals surface area contributed by atoms with Crippen molar-refractivity contribution in [2.75, 3.05) is 51.5 Å². The first-order chi connectivity index (χ1) is 9.71. The zero-order valence-corrected chi connectivity index (χ0v) is 12.6. The average molecular weight is 279 g/mol. The van der Waals surface area contributed by atoms with Gasteiger partial charge in [-0.2, -0.15) is 0 Å². The summed E-state index contributed by atoms with van der Waals surface area (Å²) in [4.78, 5) is 11.2. The smallest absolute Gasteiger partial charge is 0.158 e. The molecule has 0 bridgehead atoms. The van der Waals surface area contributed by atoms with Gasteiger partial charge in [-0.05, 0) is 32.4 Å². The van der Waals surface area contributed by atoms with Gasteiger partial charge in [0.05, 0.1) is 0 Å². The third kappa shape index (κ3) is 4.31. The van der Waals surface area contributed by atoms with E-state index in [9.17, 15) is 0 Å². The highest BCUT2D eigenvalue weighted by atomic mass is 16.5. The normalized spacial score (nSPS) is 19.9. The largest absolute Gasteiger partial charge is 0.377 e. The molecule has 1 aliphatic heterocycles. The number of nitrogens with one attached hydrogen (secondary N) is 2. The summed E-state index contributed by atoms with van der Waals surface area (Å²) in [5.41, 5.74) is 0. The number of rotatable bonds is 6. The molecule has 0 spiro atoms. The zero-order chi connectivity index (χ0) is 14.4. The average Bonchev–Trinajstić information content (AvgIpc) is 2.45. The number of anilines is 2. The Bertz CT molecular complexity index is 426. The highest BCUT2D eigenvalue weighted by molar-refractivity contribution is 5.47. The Kier molecular flexibility index (Phi) is 5.55. The molecule has 0 amide bonds. The Morgan fingerprint density at radius 2 is 2.20 bits per heavy atom. The first-order valence-electron chi connectivity index (χ1n) is 7.18. The molecule has 0 saturated carbocycles. The van der Waals surface area contributed by atoms with Gasteiger partial charge in [-0.3, -0.25) is 0 Å². The molecule has 1 atom stereocenters. The molecule has 6 heteroatoms. The minimum Gasteiger partial charge on any atom is -0.377 e. The van der Waals surface area contributed by atoms with E-state index in [1.807, 2.05) is 13.1 Å². The van der Waals surface area contributed by atoms with Crippen LogP contribution in [0.1, 0.15) is 18.7 Å². The molecule has 0 aromatic carbocycles. The Hall–Kier alpha value is -1.40. The van der Waals surface area contributed by atoms with Crippen LogP contribution in [0.3, 0.4) is 0 Å². The second-order valence-electron chi connectivity index (χ2n) is 5.39. The maximum absolute atomic E-state index is 5.10. The summed E-state index contributed by atoms with van der Waals surface area (Å²) in [6.45, 7) is 3.75. The maximum Gasteiger partial charge on any atom is 0.158 e. The van der Waals surface area contributed by atoms with Gasteiger partial charge in [-0.15, -0.1) is 0 Å². The molecule has 1 aromatic rings. The molecule has 2 rings (SSSR count). The molecule has 1 fully saturated rings. The van der Waals surface area contributed by atoms with Crippen LogP contribution in [0.5, 0.6) is 0 Å². The predicted molar refractivity (Wildman–Crippen MR) is 81.0 cm³/mol. The fourth-order valence-corrected chi connectivity index (χ4v) is 2.60. The van der Waals surface area contributed by atoms with Crippen LogP contribution >= 0.6 is 0 Å². The van der Waals surface area contributed by atoms with E-state index in [1.54, 1.807) is 7.11 Å². The Labute approximate surface area is 120 Å². The molecule has 0 radical (unpaired) electrons. The van der Waals surface area contributed by atoms with E-state index in [4.69, 9.17) is 4.74 Å². The van der Waals surface area contributed by atoms with Crippen LogP contribution in [-0.2, 0) is 11.3 Å². The lowest BCUT2D eigenvalue weighted by molar-refractivity contribution is 0.178. The molecular weight excluding hydrogens is 254 g/mol. The quantitative estimate of drug-likeness (QED) is 0.821. The predicted octanol–water partition coefficient (Wildman–Crippen LogP) is 1.42. The topological polar surface area (TPSA) is 62.3 Å². The molecule has 1 aliphatic rings. The molecule has 1 saturated heterocycles. The minimum atomic E-state index is 0.427. The number of nitrogens with zero attached hydrogens (tertiary/aromatic N) is 3. The third-order valence-corrected chi connectivity index (χ3v) is 3.60. The fraction of sp³-hybridized carbons (Fsp3) is 0.714. The first-order valence-corrected chi connectivity index (χ1v) is 7.18. The lowest BCUT2D eigenvalue weighted by Crippen LogP contribution is -2.35. The van der Waals surface area contributed by atoms with Gasteiger partial charge in [0.2, 0.25) is 0 Å². The van der Waals surface area contributed by atoms with Crippen molar-refractivity contribution in [3.63, 3.8) is 0 Å². The van der Waals surface area contributed by atoms with Gasteiger partial charge in [0, 0.05) is 33.3 Å². The number of methoxy groups -OCH3 is 1. The Morgan fingerprint density at radius 1 is 1.40 bits per heavy atom. The standard InChI is InChI=1S/C14H25N5O/c1-15-12-7-13(18-14(17-12)10-20-3)16-8-11-5-4-6-19(2)9-11/h7,11H,4-6,8-10H2,1-3H3,(H2,15,16,17,18). The molecular formula is C14H25N5O. The highest BCUT2D eigenvalue weighted by Crippen LogP contribution is 2.17. The third-order valence-electron chi connectivity index (χ3n) is 3.60. The second kappa shape index (κ2) is 7.40.